The first kappa shape index (κ1) is 17.5. The van der Waals surface area contributed by atoms with Crippen LogP contribution in [0.15, 0.2) is 54.9 Å². The minimum Gasteiger partial charge on any atom is -0.480 e. The van der Waals surface area contributed by atoms with Crippen molar-refractivity contribution >= 4 is 16.8 Å². The molecule has 27 heavy (non-hydrogen) atoms. The second kappa shape index (κ2) is 7.74. The third-order valence-corrected chi connectivity index (χ3v) is 5.34. The Morgan fingerprint density at radius 3 is 2.70 bits per heavy atom. The number of ether oxygens (including phenoxy) is 1. The van der Waals surface area contributed by atoms with Crippen LogP contribution in [0.3, 0.4) is 0 Å². The molecule has 0 radical (unpaired) electrons. The van der Waals surface area contributed by atoms with Crippen LogP contribution in [0.4, 0.5) is 0 Å². The maximum atomic E-state index is 12.8. The van der Waals surface area contributed by atoms with E-state index in [-0.39, 0.29) is 5.91 Å². The summed E-state index contributed by atoms with van der Waals surface area (Å²) in [6.45, 7) is 1.54. The normalized spacial score (nSPS) is 15.1. The minimum absolute atomic E-state index is 0.00719. The van der Waals surface area contributed by atoms with Crippen LogP contribution in [0.5, 0.6) is 5.88 Å². The number of hydrogen-bond acceptors (Lipinski definition) is 4. The number of carbonyl (C=O) groups excluding carboxylic acids is 1. The molecule has 5 heteroatoms. The van der Waals surface area contributed by atoms with Crippen molar-refractivity contribution in [1.29, 1.82) is 0 Å². The monoisotopic (exact) mass is 361 g/mol. The molecule has 1 aliphatic rings. The lowest BCUT2D eigenvalue weighted by Crippen LogP contribution is -2.39. The molecule has 2 aromatic heterocycles. The highest BCUT2D eigenvalue weighted by molar-refractivity contribution is 5.96. The zero-order chi connectivity index (χ0) is 18.6. The number of aromatic nitrogens is 2. The number of piperidine rings is 1. The summed E-state index contributed by atoms with van der Waals surface area (Å²) < 4.78 is 5.23. The molecule has 4 rings (SSSR count). The number of methoxy groups -OCH3 is 1. The van der Waals surface area contributed by atoms with Crippen LogP contribution in [-0.2, 0) is 6.42 Å². The van der Waals surface area contributed by atoms with Gasteiger partial charge in [-0.3, -0.25) is 9.78 Å². The van der Waals surface area contributed by atoms with Gasteiger partial charge in [-0.05, 0) is 55.0 Å². The summed E-state index contributed by atoms with van der Waals surface area (Å²) in [5.41, 5.74) is 2.93. The second-order valence-corrected chi connectivity index (χ2v) is 6.99. The van der Waals surface area contributed by atoms with Gasteiger partial charge >= 0.3 is 0 Å². The molecule has 138 valence electrons. The molecule has 1 aromatic carbocycles. The first-order valence-corrected chi connectivity index (χ1v) is 9.37. The summed E-state index contributed by atoms with van der Waals surface area (Å²) in [6.07, 6.45) is 6.57. The van der Waals surface area contributed by atoms with Gasteiger partial charge in [-0.25, -0.2) is 4.98 Å². The first-order chi connectivity index (χ1) is 13.3. The number of para-hydroxylation sites is 1. The number of rotatable bonds is 4. The molecular formula is C22H23N3O2. The van der Waals surface area contributed by atoms with Crippen molar-refractivity contribution in [3.05, 3.63) is 66.0 Å². The average molecular weight is 361 g/mol. The van der Waals surface area contributed by atoms with Crippen molar-refractivity contribution in [2.24, 2.45) is 5.92 Å². The van der Waals surface area contributed by atoms with Crippen LogP contribution in [0.1, 0.15) is 28.8 Å². The van der Waals surface area contributed by atoms with Crippen molar-refractivity contribution in [1.82, 2.24) is 14.9 Å². The Kier molecular flexibility index (Phi) is 5.01. The van der Waals surface area contributed by atoms with Gasteiger partial charge < -0.3 is 9.64 Å². The number of carbonyl (C=O) groups is 1. The van der Waals surface area contributed by atoms with Gasteiger partial charge in [0.05, 0.1) is 12.6 Å². The van der Waals surface area contributed by atoms with Gasteiger partial charge in [-0.2, -0.15) is 0 Å². The van der Waals surface area contributed by atoms with E-state index in [0.29, 0.717) is 17.4 Å². The molecule has 0 bridgehead atoms. The molecular weight excluding hydrogens is 338 g/mol. The van der Waals surface area contributed by atoms with Crippen LogP contribution in [0.25, 0.3) is 10.9 Å². The number of amides is 1. The molecule has 1 amide bonds. The number of fused-ring (bicyclic) bond motifs is 1. The van der Waals surface area contributed by atoms with Crippen molar-refractivity contribution < 1.29 is 9.53 Å². The second-order valence-electron chi connectivity index (χ2n) is 6.99. The van der Waals surface area contributed by atoms with Gasteiger partial charge in [-0.15, -0.1) is 0 Å². The number of pyridine rings is 2. The topological polar surface area (TPSA) is 55.3 Å². The zero-order valence-electron chi connectivity index (χ0n) is 15.5. The Balaban J connectivity index is 1.42. The van der Waals surface area contributed by atoms with Crippen LogP contribution >= 0.6 is 0 Å². The summed E-state index contributed by atoms with van der Waals surface area (Å²) in [4.78, 5) is 23.3. The highest BCUT2D eigenvalue weighted by Gasteiger charge is 2.26. The predicted octanol–water partition coefficient (Wildman–Crippen LogP) is 3.73. The van der Waals surface area contributed by atoms with E-state index in [4.69, 9.17) is 4.74 Å². The third kappa shape index (κ3) is 3.63. The fourth-order valence-electron chi connectivity index (χ4n) is 3.87. The number of benzene rings is 1. The summed E-state index contributed by atoms with van der Waals surface area (Å²) in [5.74, 6) is 0.983. The van der Waals surface area contributed by atoms with E-state index < -0.39 is 0 Å². The fraction of sp³-hybridized carbons (Fsp3) is 0.318. The zero-order valence-corrected chi connectivity index (χ0v) is 15.5. The van der Waals surface area contributed by atoms with Crippen LogP contribution in [0, 0.1) is 5.92 Å². The quantitative estimate of drug-likeness (QED) is 0.710. The molecule has 3 heterocycles. The Labute approximate surface area is 159 Å². The van der Waals surface area contributed by atoms with E-state index in [2.05, 4.69) is 34.2 Å². The standard InChI is InChI=1S/C22H23N3O2/c1-27-21-19(6-4-11-24-21)22(26)25-13-9-16(10-14-25)15-17-8-12-23-20-7-3-2-5-18(17)20/h2-8,11-12,16H,9-10,13-15H2,1H3. The molecule has 1 saturated heterocycles. The fourth-order valence-corrected chi connectivity index (χ4v) is 3.87. The molecule has 1 fully saturated rings. The number of hydrogen-bond donors (Lipinski definition) is 0. The maximum absolute atomic E-state index is 12.8. The summed E-state index contributed by atoms with van der Waals surface area (Å²) >= 11 is 0. The minimum atomic E-state index is 0.00719. The highest BCUT2D eigenvalue weighted by atomic mass is 16.5. The van der Waals surface area contributed by atoms with E-state index in [9.17, 15) is 4.79 Å². The van der Waals surface area contributed by atoms with Gasteiger partial charge in [0.25, 0.3) is 5.91 Å². The molecule has 5 nitrogen and oxygen atoms in total. The van der Waals surface area contributed by atoms with Crippen LogP contribution in [-0.4, -0.2) is 41.0 Å². The van der Waals surface area contributed by atoms with Crippen LogP contribution < -0.4 is 4.74 Å². The van der Waals surface area contributed by atoms with Gasteiger partial charge in [0, 0.05) is 30.9 Å². The van der Waals surface area contributed by atoms with E-state index in [1.165, 1.54) is 10.9 Å². The van der Waals surface area contributed by atoms with Gasteiger partial charge in [-0.1, -0.05) is 18.2 Å². The van der Waals surface area contributed by atoms with Gasteiger partial charge in [0.15, 0.2) is 0 Å². The first-order valence-electron chi connectivity index (χ1n) is 9.37. The summed E-state index contributed by atoms with van der Waals surface area (Å²) in [5, 5.41) is 1.23. The van der Waals surface area contributed by atoms with E-state index in [0.717, 1.165) is 37.9 Å². The summed E-state index contributed by atoms with van der Waals surface area (Å²) in [7, 11) is 1.55. The average Bonchev–Trinajstić information content (AvgIpc) is 2.74. The SMILES string of the molecule is COc1ncccc1C(=O)N1CCC(Cc2ccnc3ccccc23)CC1. The highest BCUT2D eigenvalue weighted by Crippen LogP contribution is 2.27. The molecule has 0 unspecified atom stereocenters. The van der Waals surface area contributed by atoms with Crippen molar-refractivity contribution in [3.63, 3.8) is 0 Å². The molecule has 0 saturated carbocycles. The summed E-state index contributed by atoms with van der Waals surface area (Å²) in [6, 6.07) is 14.0. The molecule has 0 atom stereocenters. The smallest absolute Gasteiger partial charge is 0.259 e. The lowest BCUT2D eigenvalue weighted by Gasteiger charge is -2.32. The van der Waals surface area contributed by atoms with Crippen LogP contribution in [0.2, 0.25) is 0 Å². The van der Waals surface area contributed by atoms with Crippen molar-refractivity contribution in [2.45, 2.75) is 19.3 Å². The van der Waals surface area contributed by atoms with Crippen molar-refractivity contribution in [3.8, 4) is 5.88 Å². The van der Waals surface area contributed by atoms with Crippen molar-refractivity contribution in [2.75, 3.05) is 20.2 Å². The maximum Gasteiger partial charge on any atom is 0.259 e. The molecule has 0 aliphatic carbocycles. The Bertz CT molecular complexity index is 944. The number of likely N-dealkylation sites (tertiary alicyclic amines) is 1. The van der Waals surface area contributed by atoms with Gasteiger partial charge in [0.2, 0.25) is 5.88 Å². The predicted molar refractivity (Wildman–Crippen MR) is 105 cm³/mol. The molecule has 3 aromatic rings. The number of nitrogens with zero attached hydrogens (tertiary/aromatic N) is 3. The Hall–Kier alpha value is -2.95. The lowest BCUT2D eigenvalue weighted by atomic mass is 9.89. The van der Waals surface area contributed by atoms with E-state index in [1.54, 1.807) is 25.4 Å². The largest absolute Gasteiger partial charge is 0.480 e. The lowest BCUT2D eigenvalue weighted by molar-refractivity contribution is 0.0686. The molecule has 1 aliphatic heterocycles. The van der Waals surface area contributed by atoms with E-state index >= 15 is 0 Å². The molecule has 0 N–H and O–H groups in total. The molecule has 0 spiro atoms. The van der Waals surface area contributed by atoms with E-state index in [1.807, 2.05) is 17.2 Å². The van der Waals surface area contributed by atoms with Gasteiger partial charge in [0.1, 0.15) is 5.56 Å². The Morgan fingerprint density at radius 1 is 1.07 bits per heavy atom. The Morgan fingerprint density at radius 2 is 1.89 bits per heavy atom. The third-order valence-electron chi connectivity index (χ3n) is 5.34.